The lowest BCUT2D eigenvalue weighted by Crippen LogP contribution is -2.28. The van der Waals surface area contributed by atoms with Gasteiger partial charge in [-0.1, -0.05) is 27.5 Å². The van der Waals surface area contributed by atoms with Crippen molar-refractivity contribution in [3.63, 3.8) is 0 Å². The van der Waals surface area contributed by atoms with Crippen LogP contribution in [0.15, 0.2) is 51.4 Å². The first-order valence-electron chi connectivity index (χ1n) is 6.91. The number of hydrogen-bond donors (Lipinski definition) is 0. The topological polar surface area (TPSA) is 33.5 Å². The maximum atomic E-state index is 12.7. The van der Waals surface area contributed by atoms with Crippen LogP contribution in [-0.2, 0) is 6.42 Å². The van der Waals surface area contributed by atoms with Gasteiger partial charge in [0.05, 0.1) is 0 Å². The van der Waals surface area contributed by atoms with Crippen LogP contribution in [-0.4, -0.2) is 12.5 Å². The minimum Gasteiger partial charge on any atom is -0.451 e. The summed E-state index contributed by atoms with van der Waals surface area (Å²) in [5.41, 5.74) is 2.79. The summed E-state index contributed by atoms with van der Waals surface area (Å²) in [6.45, 7) is 0.669. The fourth-order valence-corrected chi connectivity index (χ4v) is 3.42. The Kier molecular flexibility index (Phi) is 3.24. The van der Waals surface area contributed by atoms with Crippen molar-refractivity contribution < 1.29 is 9.21 Å². The maximum Gasteiger partial charge on any atom is 0.294 e. The van der Waals surface area contributed by atoms with E-state index >= 15 is 0 Å². The third-order valence-electron chi connectivity index (χ3n) is 3.87. The average Bonchev–Trinajstić information content (AvgIpc) is 3.09. The molecule has 22 heavy (non-hydrogen) atoms. The SMILES string of the molecule is O=C(c1cc2cc(Cl)ccc2o1)N1CCc2cc(Br)ccc21. The van der Waals surface area contributed by atoms with Crippen LogP contribution < -0.4 is 4.90 Å². The second-order valence-electron chi connectivity index (χ2n) is 5.27. The van der Waals surface area contributed by atoms with Gasteiger partial charge in [-0.3, -0.25) is 4.79 Å². The maximum absolute atomic E-state index is 12.7. The van der Waals surface area contributed by atoms with Crippen LogP contribution in [0.1, 0.15) is 16.1 Å². The number of nitrogens with zero attached hydrogens (tertiary/aromatic N) is 1. The molecule has 0 bridgehead atoms. The standard InChI is InChI=1S/C17H11BrClNO2/c18-12-1-3-14-10(7-12)5-6-20(14)17(21)16-9-11-8-13(19)2-4-15(11)22-16/h1-4,7-9H,5-6H2. The van der Waals surface area contributed by atoms with Gasteiger partial charge in [0.15, 0.2) is 5.76 Å². The Bertz CT molecular complexity index is 903. The van der Waals surface area contributed by atoms with E-state index < -0.39 is 0 Å². The number of rotatable bonds is 1. The minimum atomic E-state index is -0.117. The lowest BCUT2D eigenvalue weighted by atomic mass is 10.2. The first kappa shape index (κ1) is 13.9. The Morgan fingerprint density at radius 1 is 1.18 bits per heavy atom. The van der Waals surface area contributed by atoms with Crippen molar-refractivity contribution in [3.05, 3.63) is 63.3 Å². The van der Waals surface area contributed by atoms with Crippen LogP contribution in [0.25, 0.3) is 11.0 Å². The van der Waals surface area contributed by atoms with Gasteiger partial charge in [0, 0.05) is 27.1 Å². The molecule has 0 radical (unpaired) electrons. The molecule has 0 aliphatic carbocycles. The monoisotopic (exact) mass is 375 g/mol. The third kappa shape index (κ3) is 2.23. The molecule has 3 aromatic rings. The minimum absolute atomic E-state index is 0.117. The average molecular weight is 377 g/mol. The first-order valence-corrected chi connectivity index (χ1v) is 8.08. The fraction of sp³-hybridized carbons (Fsp3) is 0.118. The highest BCUT2D eigenvalue weighted by Gasteiger charge is 2.27. The van der Waals surface area contributed by atoms with Gasteiger partial charge in [0.25, 0.3) is 5.91 Å². The smallest absolute Gasteiger partial charge is 0.294 e. The third-order valence-corrected chi connectivity index (χ3v) is 4.60. The molecule has 0 N–H and O–H groups in total. The Morgan fingerprint density at radius 3 is 2.91 bits per heavy atom. The highest BCUT2D eigenvalue weighted by atomic mass is 79.9. The highest BCUT2D eigenvalue weighted by Crippen LogP contribution is 2.32. The molecule has 5 heteroatoms. The van der Waals surface area contributed by atoms with Crippen LogP contribution in [0.2, 0.25) is 5.02 Å². The Hall–Kier alpha value is -1.78. The molecule has 0 saturated heterocycles. The zero-order chi connectivity index (χ0) is 15.3. The molecule has 1 aliphatic heterocycles. The summed E-state index contributed by atoms with van der Waals surface area (Å²) < 4.78 is 6.70. The Morgan fingerprint density at radius 2 is 2.05 bits per heavy atom. The number of carbonyl (C=O) groups excluding carboxylic acids is 1. The molecular formula is C17H11BrClNO2. The van der Waals surface area contributed by atoms with Crippen molar-refractivity contribution >= 4 is 50.1 Å². The Balaban J connectivity index is 1.73. The van der Waals surface area contributed by atoms with E-state index in [-0.39, 0.29) is 5.91 Å². The van der Waals surface area contributed by atoms with E-state index in [4.69, 9.17) is 16.0 Å². The molecule has 3 nitrogen and oxygen atoms in total. The lowest BCUT2D eigenvalue weighted by Gasteiger charge is -2.15. The van der Waals surface area contributed by atoms with Gasteiger partial charge in [-0.2, -0.15) is 0 Å². The number of furan rings is 1. The predicted octanol–water partition coefficient (Wildman–Crippen LogP) is 5.05. The summed E-state index contributed by atoms with van der Waals surface area (Å²) in [5.74, 6) is 0.224. The van der Waals surface area contributed by atoms with E-state index in [0.29, 0.717) is 22.9 Å². The van der Waals surface area contributed by atoms with Crippen LogP contribution in [0.3, 0.4) is 0 Å². The summed E-state index contributed by atoms with van der Waals surface area (Å²) in [5, 5.41) is 1.47. The van der Waals surface area contributed by atoms with Crippen LogP contribution >= 0.6 is 27.5 Å². The van der Waals surface area contributed by atoms with E-state index in [9.17, 15) is 4.79 Å². The van der Waals surface area contributed by atoms with Gasteiger partial charge < -0.3 is 9.32 Å². The molecule has 0 atom stereocenters. The zero-order valence-electron chi connectivity index (χ0n) is 11.5. The molecule has 1 aliphatic rings. The van der Waals surface area contributed by atoms with Gasteiger partial charge in [0.1, 0.15) is 5.58 Å². The molecule has 0 saturated carbocycles. The molecule has 2 heterocycles. The van der Waals surface area contributed by atoms with Crippen molar-refractivity contribution in [2.24, 2.45) is 0 Å². The van der Waals surface area contributed by atoms with Crippen LogP contribution in [0.5, 0.6) is 0 Å². The molecule has 1 amide bonds. The molecule has 4 rings (SSSR count). The number of benzene rings is 2. The summed E-state index contributed by atoms with van der Waals surface area (Å²) in [6.07, 6.45) is 0.854. The number of hydrogen-bond acceptors (Lipinski definition) is 2. The fourth-order valence-electron chi connectivity index (χ4n) is 2.83. The van der Waals surface area contributed by atoms with Crippen molar-refractivity contribution in [1.82, 2.24) is 0 Å². The molecule has 0 spiro atoms. The van der Waals surface area contributed by atoms with Crippen LogP contribution in [0.4, 0.5) is 5.69 Å². The van der Waals surface area contributed by atoms with Crippen molar-refractivity contribution in [3.8, 4) is 0 Å². The molecule has 110 valence electrons. The van der Waals surface area contributed by atoms with E-state index in [1.165, 1.54) is 5.56 Å². The molecule has 0 unspecified atom stereocenters. The quantitative estimate of drug-likeness (QED) is 0.595. The molecular weight excluding hydrogens is 366 g/mol. The van der Waals surface area contributed by atoms with E-state index in [0.717, 1.165) is 22.0 Å². The van der Waals surface area contributed by atoms with E-state index in [1.807, 2.05) is 12.1 Å². The number of fused-ring (bicyclic) bond motifs is 2. The number of anilines is 1. The van der Waals surface area contributed by atoms with Gasteiger partial charge in [0.2, 0.25) is 0 Å². The number of halogens is 2. The lowest BCUT2D eigenvalue weighted by molar-refractivity contribution is 0.0965. The number of carbonyl (C=O) groups is 1. The van der Waals surface area contributed by atoms with Gasteiger partial charge >= 0.3 is 0 Å². The van der Waals surface area contributed by atoms with Crippen molar-refractivity contribution in [2.75, 3.05) is 11.4 Å². The van der Waals surface area contributed by atoms with E-state index in [1.54, 1.807) is 29.2 Å². The summed E-state index contributed by atoms with van der Waals surface area (Å²) in [6, 6.07) is 13.0. The summed E-state index contributed by atoms with van der Waals surface area (Å²) >= 11 is 9.44. The molecule has 2 aromatic carbocycles. The van der Waals surface area contributed by atoms with Gasteiger partial charge in [-0.25, -0.2) is 0 Å². The summed E-state index contributed by atoms with van der Waals surface area (Å²) in [4.78, 5) is 14.5. The van der Waals surface area contributed by atoms with Gasteiger partial charge in [-0.15, -0.1) is 0 Å². The largest absolute Gasteiger partial charge is 0.451 e. The van der Waals surface area contributed by atoms with E-state index in [2.05, 4.69) is 22.0 Å². The van der Waals surface area contributed by atoms with Crippen molar-refractivity contribution in [1.29, 1.82) is 0 Å². The zero-order valence-corrected chi connectivity index (χ0v) is 13.8. The first-order chi connectivity index (χ1) is 10.6. The second-order valence-corrected chi connectivity index (χ2v) is 6.62. The predicted molar refractivity (Wildman–Crippen MR) is 90.7 cm³/mol. The highest BCUT2D eigenvalue weighted by molar-refractivity contribution is 9.10. The second kappa shape index (κ2) is 5.14. The number of amides is 1. The van der Waals surface area contributed by atoms with Crippen LogP contribution in [0, 0.1) is 0 Å². The van der Waals surface area contributed by atoms with Gasteiger partial charge in [-0.05, 0) is 54.4 Å². The molecule has 1 aromatic heterocycles. The Labute approximate surface area is 140 Å². The summed E-state index contributed by atoms with van der Waals surface area (Å²) in [7, 11) is 0. The molecule has 0 fully saturated rings. The van der Waals surface area contributed by atoms with Crippen molar-refractivity contribution in [2.45, 2.75) is 6.42 Å². The normalized spacial score (nSPS) is 13.6.